The standard InChI is InChI=1S/C32H37N11O2S/c1-4-43(26-8-7-24(33)29(38-26)28(34)22-6-5-20(2)35-15-22)32(45)23-9-12-41(17-23)18-27(44)42-13-10-21(11-14-42)31-36-16-25(46-31)30-37-19-40(3)39-30/h5-8,10,15-16,19,23,34H,4,9,11-14,17-18,33H2,1-3H3/t23-/m1/s1. The molecule has 2 aliphatic heterocycles. The molecule has 3 N–H and O–H groups in total. The van der Waals surface area contributed by atoms with Crippen LogP contribution in [0.4, 0.5) is 11.5 Å². The minimum absolute atomic E-state index is 0.0431. The van der Waals surface area contributed by atoms with E-state index in [0.717, 1.165) is 27.6 Å². The maximum absolute atomic E-state index is 13.7. The Kier molecular flexibility index (Phi) is 8.99. The fourth-order valence-corrected chi connectivity index (χ4v) is 6.67. The van der Waals surface area contributed by atoms with Crippen LogP contribution in [-0.4, -0.2) is 96.3 Å². The number of rotatable bonds is 9. The molecule has 4 aromatic rings. The Morgan fingerprint density at radius 1 is 1.13 bits per heavy atom. The Morgan fingerprint density at radius 2 is 1.98 bits per heavy atom. The number of aromatic nitrogens is 6. The molecule has 2 amide bonds. The molecule has 0 bridgehead atoms. The number of carbonyl (C=O) groups is 2. The van der Waals surface area contributed by atoms with Gasteiger partial charge in [0.15, 0.2) is 5.82 Å². The maximum Gasteiger partial charge on any atom is 0.237 e. The highest BCUT2D eigenvalue weighted by molar-refractivity contribution is 7.16. The summed E-state index contributed by atoms with van der Waals surface area (Å²) in [6, 6.07) is 7.05. The summed E-state index contributed by atoms with van der Waals surface area (Å²) in [7, 11) is 1.84. The molecule has 4 aromatic heterocycles. The minimum Gasteiger partial charge on any atom is -0.397 e. The van der Waals surface area contributed by atoms with Gasteiger partial charge >= 0.3 is 0 Å². The van der Waals surface area contributed by atoms with Crippen LogP contribution in [0.5, 0.6) is 0 Å². The van der Waals surface area contributed by atoms with Gasteiger partial charge in [-0.05, 0) is 63.1 Å². The first kappa shape index (κ1) is 31.2. The van der Waals surface area contributed by atoms with E-state index in [1.54, 1.807) is 51.8 Å². The van der Waals surface area contributed by atoms with Gasteiger partial charge in [0.25, 0.3) is 0 Å². The second kappa shape index (κ2) is 13.3. The minimum atomic E-state index is -0.253. The molecule has 0 spiro atoms. The number of nitrogen functional groups attached to an aromatic ring is 1. The van der Waals surface area contributed by atoms with E-state index in [1.807, 2.05) is 37.9 Å². The number of amides is 2. The van der Waals surface area contributed by atoms with Crippen LogP contribution in [0.2, 0.25) is 0 Å². The van der Waals surface area contributed by atoms with Crippen molar-refractivity contribution in [1.29, 1.82) is 5.41 Å². The molecule has 14 heteroatoms. The zero-order valence-corrected chi connectivity index (χ0v) is 27.0. The van der Waals surface area contributed by atoms with Gasteiger partial charge < -0.3 is 10.6 Å². The first-order valence-corrected chi connectivity index (χ1v) is 16.1. The SMILES string of the molecule is CCN(C(=O)[C@@H]1CCN(CC(=O)N2CC=C(c3ncc(-c4ncn(C)n4)s3)CC2)C1)c1ccc(N)c(C(=N)c2ccc(C)nc2)n1. The highest BCUT2D eigenvalue weighted by atomic mass is 32.1. The van der Waals surface area contributed by atoms with E-state index in [-0.39, 0.29) is 30.0 Å². The van der Waals surface area contributed by atoms with E-state index in [9.17, 15) is 9.59 Å². The van der Waals surface area contributed by atoms with E-state index in [4.69, 9.17) is 11.1 Å². The molecule has 0 radical (unpaired) electrons. The summed E-state index contributed by atoms with van der Waals surface area (Å²) < 4.78 is 1.67. The summed E-state index contributed by atoms with van der Waals surface area (Å²) in [4.78, 5) is 51.2. The zero-order chi connectivity index (χ0) is 32.4. The number of aryl methyl sites for hydroxylation is 2. The van der Waals surface area contributed by atoms with E-state index in [0.29, 0.717) is 67.7 Å². The van der Waals surface area contributed by atoms with Gasteiger partial charge in [-0.25, -0.2) is 15.0 Å². The van der Waals surface area contributed by atoms with Crippen LogP contribution in [-0.2, 0) is 16.6 Å². The Bertz CT molecular complexity index is 1800. The van der Waals surface area contributed by atoms with Crippen LogP contribution in [0.1, 0.15) is 41.7 Å². The molecular weight excluding hydrogens is 602 g/mol. The summed E-state index contributed by atoms with van der Waals surface area (Å²) >= 11 is 1.56. The van der Waals surface area contributed by atoms with Crippen molar-refractivity contribution in [2.45, 2.75) is 26.7 Å². The van der Waals surface area contributed by atoms with Crippen LogP contribution in [0, 0.1) is 18.3 Å². The Labute approximate surface area is 271 Å². The number of pyridine rings is 2. The summed E-state index contributed by atoms with van der Waals surface area (Å²) in [5, 5.41) is 14.0. The van der Waals surface area contributed by atoms with Crippen molar-refractivity contribution in [1.82, 2.24) is 39.5 Å². The van der Waals surface area contributed by atoms with Gasteiger partial charge in [-0.1, -0.05) is 6.08 Å². The number of nitrogens with two attached hydrogens (primary N) is 1. The molecule has 238 valence electrons. The molecule has 46 heavy (non-hydrogen) atoms. The molecule has 1 atom stereocenters. The predicted octanol–water partition coefficient (Wildman–Crippen LogP) is 3.03. The third-order valence-electron chi connectivity index (χ3n) is 8.35. The summed E-state index contributed by atoms with van der Waals surface area (Å²) in [5.41, 5.74) is 9.61. The molecule has 0 unspecified atom stereocenters. The lowest BCUT2D eigenvalue weighted by Gasteiger charge is -2.28. The molecule has 6 rings (SSSR count). The second-order valence-corrected chi connectivity index (χ2v) is 12.6. The number of carbonyl (C=O) groups excluding carboxylic acids is 2. The highest BCUT2D eigenvalue weighted by Crippen LogP contribution is 2.31. The molecule has 0 aliphatic carbocycles. The number of nitrogens with zero attached hydrogens (tertiary/aromatic N) is 9. The first-order valence-electron chi connectivity index (χ1n) is 15.3. The molecule has 1 saturated heterocycles. The van der Waals surface area contributed by atoms with Crippen molar-refractivity contribution in [3.8, 4) is 10.7 Å². The van der Waals surface area contributed by atoms with Crippen LogP contribution < -0.4 is 10.6 Å². The van der Waals surface area contributed by atoms with Crippen molar-refractivity contribution in [2.75, 3.05) is 49.9 Å². The molecule has 0 aromatic carbocycles. The normalized spacial score (nSPS) is 16.8. The Morgan fingerprint density at radius 3 is 2.67 bits per heavy atom. The fourth-order valence-electron chi connectivity index (χ4n) is 5.75. The van der Waals surface area contributed by atoms with Crippen molar-refractivity contribution < 1.29 is 9.59 Å². The topological polar surface area (TPSA) is 163 Å². The third-order valence-corrected chi connectivity index (χ3v) is 9.42. The van der Waals surface area contributed by atoms with Crippen LogP contribution in [0.15, 0.2) is 49.1 Å². The lowest BCUT2D eigenvalue weighted by atomic mass is 10.1. The van der Waals surface area contributed by atoms with Crippen molar-refractivity contribution >= 4 is 45.9 Å². The fraction of sp³-hybridized carbons (Fsp3) is 0.375. The number of hydrogen-bond donors (Lipinski definition) is 2. The lowest BCUT2D eigenvalue weighted by Crippen LogP contribution is -2.42. The molecule has 0 saturated carbocycles. The van der Waals surface area contributed by atoms with E-state index < -0.39 is 0 Å². The molecule has 2 aliphatic rings. The van der Waals surface area contributed by atoms with Gasteiger partial charge in [0.1, 0.15) is 22.8 Å². The van der Waals surface area contributed by atoms with Crippen LogP contribution in [0.3, 0.4) is 0 Å². The van der Waals surface area contributed by atoms with Gasteiger partial charge in [0, 0.05) is 56.9 Å². The molecule has 6 heterocycles. The van der Waals surface area contributed by atoms with Gasteiger partial charge in [-0.2, -0.15) is 5.10 Å². The molecule has 13 nitrogen and oxygen atoms in total. The maximum atomic E-state index is 13.7. The first-order chi connectivity index (χ1) is 22.2. The van der Waals surface area contributed by atoms with Gasteiger partial charge in [0.2, 0.25) is 11.8 Å². The number of thiazole rings is 1. The van der Waals surface area contributed by atoms with Crippen molar-refractivity contribution in [3.63, 3.8) is 0 Å². The summed E-state index contributed by atoms with van der Waals surface area (Å²) in [6.07, 6.45) is 8.57. The van der Waals surface area contributed by atoms with E-state index >= 15 is 0 Å². The van der Waals surface area contributed by atoms with E-state index in [1.165, 1.54) is 0 Å². The zero-order valence-electron chi connectivity index (χ0n) is 26.2. The molecular formula is C32H37N11O2S. The van der Waals surface area contributed by atoms with Crippen molar-refractivity contribution in [3.05, 3.63) is 71.0 Å². The van der Waals surface area contributed by atoms with Crippen LogP contribution >= 0.6 is 11.3 Å². The average Bonchev–Trinajstić information content (AvgIpc) is 3.84. The number of hydrogen-bond acceptors (Lipinski definition) is 11. The third kappa shape index (κ3) is 6.58. The Balaban J connectivity index is 1.05. The number of likely N-dealkylation sites (tertiary alicyclic amines) is 1. The van der Waals surface area contributed by atoms with Crippen LogP contribution in [0.25, 0.3) is 16.3 Å². The number of nitrogens with one attached hydrogen (secondary N) is 1. The van der Waals surface area contributed by atoms with Gasteiger partial charge in [-0.3, -0.25) is 34.5 Å². The average molecular weight is 640 g/mol. The quantitative estimate of drug-likeness (QED) is 0.262. The largest absolute Gasteiger partial charge is 0.397 e. The predicted molar refractivity (Wildman–Crippen MR) is 177 cm³/mol. The lowest BCUT2D eigenvalue weighted by molar-refractivity contribution is -0.132. The monoisotopic (exact) mass is 639 g/mol. The highest BCUT2D eigenvalue weighted by Gasteiger charge is 2.34. The number of anilines is 2. The van der Waals surface area contributed by atoms with Gasteiger partial charge in [0.05, 0.1) is 28.7 Å². The summed E-state index contributed by atoms with van der Waals surface area (Å²) in [5.74, 6) is 0.878. The second-order valence-electron chi connectivity index (χ2n) is 11.6. The van der Waals surface area contributed by atoms with E-state index in [2.05, 4.69) is 36.0 Å². The Hall–Kier alpha value is -4.82. The summed E-state index contributed by atoms with van der Waals surface area (Å²) in [6.45, 7) is 6.82. The van der Waals surface area contributed by atoms with Gasteiger partial charge in [-0.15, -0.1) is 11.3 Å². The smallest absolute Gasteiger partial charge is 0.237 e. The molecule has 1 fully saturated rings. The van der Waals surface area contributed by atoms with Crippen molar-refractivity contribution in [2.24, 2.45) is 13.0 Å².